The molecule has 5 aliphatic heterocycles. The highest BCUT2D eigenvalue weighted by molar-refractivity contribution is 7.23. The number of nitrogen functional groups attached to an aromatic ring is 1. The summed E-state index contributed by atoms with van der Waals surface area (Å²) >= 11 is 15.2. The average molecular weight is 667 g/mol. The van der Waals surface area contributed by atoms with Gasteiger partial charge in [-0.05, 0) is 63.7 Å². The van der Waals surface area contributed by atoms with E-state index in [-0.39, 0.29) is 50.3 Å². The van der Waals surface area contributed by atoms with Gasteiger partial charge < -0.3 is 25.4 Å². The van der Waals surface area contributed by atoms with Gasteiger partial charge in [0.1, 0.15) is 35.6 Å². The van der Waals surface area contributed by atoms with Crippen molar-refractivity contribution in [1.29, 1.82) is 5.26 Å². The number of ether oxygens (including phenoxy) is 2. The summed E-state index contributed by atoms with van der Waals surface area (Å²) in [6.45, 7) is 3.63. The van der Waals surface area contributed by atoms with Gasteiger partial charge in [0.05, 0.1) is 27.6 Å². The van der Waals surface area contributed by atoms with E-state index in [2.05, 4.69) is 21.2 Å². The normalized spacial score (nSPS) is 24.8. The Kier molecular flexibility index (Phi) is 6.36. The van der Waals surface area contributed by atoms with E-state index in [1.54, 1.807) is 12.1 Å². The fraction of sp³-hybridized carbons (Fsp3) is 0.469. The molecule has 45 heavy (non-hydrogen) atoms. The Morgan fingerprint density at radius 3 is 2.80 bits per heavy atom. The minimum Gasteiger partial charge on any atom is -0.489 e. The summed E-state index contributed by atoms with van der Waals surface area (Å²) in [7, 11) is 0. The van der Waals surface area contributed by atoms with Crippen molar-refractivity contribution in [3.8, 4) is 29.0 Å². The maximum atomic E-state index is 17.2. The third-order valence-corrected chi connectivity index (χ3v) is 12.3. The molecule has 3 N–H and O–H groups in total. The molecule has 3 atom stereocenters. The number of hydrogen-bond donors (Lipinski definition) is 2. The van der Waals surface area contributed by atoms with Gasteiger partial charge in [-0.25, -0.2) is 4.39 Å². The lowest BCUT2D eigenvalue weighted by Gasteiger charge is -2.40. The van der Waals surface area contributed by atoms with Crippen molar-refractivity contribution in [3.63, 3.8) is 0 Å². The third kappa shape index (κ3) is 4.02. The molecule has 4 fully saturated rings. The van der Waals surface area contributed by atoms with E-state index >= 15 is 4.39 Å². The number of benzene rings is 2. The first kappa shape index (κ1) is 28.1. The zero-order valence-electron chi connectivity index (χ0n) is 24.3. The molecule has 2 aromatic carbocycles. The lowest BCUT2D eigenvalue weighted by atomic mass is 9.95. The number of nitrogens with zero attached hydrogens (tertiary/aromatic N) is 5. The fourth-order valence-electron chi connectivity index (χ4n) is 8.57. The van der Waals surface area contributed by atoms with Crippen LogP contribution in [0, 0.1) is 17.1 Å². The summed E-state index contributed by atoms with van der Waals surface area (Å²) < 4.78 is 30.9. The molecule has 13 heteroatoms. The Morgan fingerprint density at radius 1 is 1.18 bits per heavy atom. The number of hydrogen-bond acceptors (Lipinski definition) is 10. The zero-order chi connectivity index (χ0) is 30.6. The number of anilines is 2. The number of halogens is 3. The first-order valence-electron chi connectivity index (χ1n) is 15.5. The highest BCUT2D eigenvalue weighted by atomic mass is 35.5. The van der Waals surface area contributed by atoms with Gasteiger partial charge in [0, 0.05) is 44.9 Å². The molecule has 0 spiro atoms. The molecule has 2 bridgehead atoms. The largest absolute Gasteiger partial charge is 0.489 e. The predicted octanol–water partition coefficient (Wildman–Crippen LogP) is 6.12. The van der Waals surface area contributed by atoms with Gasteiger partial charge in [0.15, 0.2) is 11.6 Å². The Hall–Kier alpha value is -3.14. The predicted molar refractivity (Wildman–Crippen MR) is 174 cm³/mol. The Morgan fingerprint density at radius 2 is 2.00 bits per heavy atom. The molecule has 3 unspecified atom stereocenters. The second-order valence-corrected chi connectivity index (χ2v) is 14.8. The lowest BCUT2D eigenvalue weighted by molar-refractivity contribution is 0.108. The summed E-state index contributed by atoms with van der Waals surface area (Å²) in [6.07, 6.45) is 6.48. The number of nitriles is 1. The number of nitrogens with one attached hydrogen (secondary N) is 1. The van der Waals surface area contributed by atoms with Crippen LogP contribution in [0.5, 0.6) is 11.8 Å². The van der Waals surface area contributed by atoms with Gasteiger partial charge in [-0.15, -0.1) is 11.3 Å². The molecular formula is C32H30Cl2FN7O2S. The topological polar surface area (TPSA) is 113 Å². The highest BCUT2D eigenvalue weighted by Gasteiger charge is 2.46. The molecular weight excluding hydrogens is 636 g/mol. The molecule has 2 aromatic heterocycles. The summed E-state index contributed by atoms with van der Waals surface area (Å²) in [6, 6.07) is 6.24. The Labute approximate surface area is 273 Å². The number of piperazine rings is 1. The molecule has 232 valence electrons. The summed E-state index contributed by atoms with van der Waals surface area (Å²) in [5.74, 6) is 0.213. The van der Waals surface area contributed by atoms with Gasteiger partial charge in [0.2, 0.25) is 0 Å². The van der Waals surface area contributed by atoms with Crippen LogP contribution in [0.15, 0.2) is 12.1 Å². The van der Waals surface area contributed by atoms with Crippen LogP contribution in [0.1, 0.15) is 44.1 Å². The van der Waals surface area contributed by atoms with Crippen LogP contribution in [-0.4, -0.2) is 71.4 Å². The molecule has 9 rings (SSSR count). The fourth-order valence-corrected chi connectivity index (χ4v) is 10.1. The smallest absolute Gasteiger partial charge is 0.319 e. The molecule has 0 saturated carbocycles. The number of fused-ring (bicyclic) bond motifs is 7. The van der Waals surface area contributed by atoms with Crippen molar-refractivity contribution in [2.75, 3.05) is 43.5 Å². The quantitative estimate of drug-likeness (QED) is 0.266. The first-order valence-corrected chi connectivity index (χ1v) is 17.1. The number of aromatic nitrogens is 2. The van der Waals surface area contributed by atoms with Crippen LogP contribution in [0.3, 0.4) is 0 Å². The van der Waals surface area contributed by atoms with Gasteiger partial charge in [-0.3, -0.25) is 4.90 Å². The van der Waals surface area contributed by atoms with Gasteiger partial charge in [-0.1, -0.05) is 23.2 Å². The van der Waals surface area contributed by atoms with E-state index in [4.69, 9.17) is 48.4 Å². The molecule has 0 aliphatic carbocycles. The maximum Gasteiger partial charge on any atom is 0.319 e. The van der Waals surface area contributed by atoms with E-state index in [1.807, 2.05) is 0 Å². The second-order valence-electron chi connectivity index (χ2n) is 12.9. The molecule has 7 heterocycles. The molecule has 9 nitrogen and oxygen atoms in total. The summed E-state index contributed by atoms with van der Waals surface area (Å²) in [4.78, 5) is 14.5. The molecule has 0 amide bonds. The van der Waals surface area contributed by atoms with Crippen molar-refractivity contribution in [2.24, 2.45) is 0 Å². The second kappa shape index (κ2) is 10.2. The Balaban J connectivity index is 1.28. The van der Waals surface area contributed by atoms with E-state index in [1.165, 1.54) is 11.3 Å². The van der Waals surface area contributed by atoms with Crippen molar-refractivity contribution >= 4 is 66.3 Å². The van der Waals surface area contributed by atoms with Crippen LogP contribution in [0.4, 0.5) is 15.2 Å². The molecule has 4 saturated heterocycles. The van der Waals surface area contributed by atoms with Crippen LogP contribution in [0.2, 0.25) is 10.0 Å². The average Bonchev–Trinajstić information content (AvgIpc) is 3.77. The molecule has 0 radical (unpaired) electrons. The number of rotatable bonds is 4. The van der Waals surface area contributed by atoms with Crippen molar-refractivity contribution < 1.29 is 13.9 Å². The minimum absolute atomic E-state index is 0.0236. The maximum absolute atomic E-state index is 17.2. The van der Waals surface area contributed by atoms with Crippen LogP contribution in [0.25, 0.3) is 32.1 Å². The van der Waals surface area contributed by atoms with Crippen molar-refractivity contribution in [1.82, 2.24) is 20.2 Å². The van der Waals surface area contributed by atoms with Gasteiger partial charge in [-0.2, -0.15) is 15.2 Å². The van der Waals surface area contributed by atoms with Crippen molar-refractivity contribution in [3.05, 3.63) is 33.6 Å². The third-order valence-electron chi connectivity index (χ3n) is 10.6. The standard InChI is InChI=1S/C32H30Cl2FN7O2S/c33-17-4-6-20-21(16(11-36)29(37)45-20)22(17)23-25(34)28-24-27(26(23)35)39-31(44-14-32-7-1-9-41(32)10-2-8-32)40-30(24)42-12-15-3-5-18(38-15)19(42)13-43-28/h4,6,15,18-19,38H,1-3,5,7-10,12-14,37H2. The van der Waals surface area contributed by atoms with Gasteiger partial charge >= 0.3 is 6.01 Å². The van der Waals surface area contributed by atoms with Crippen LogP contribution >= 0.6 is 34.5 Å². The zero-order valence-corrected chi connectivity index (χ0v) is 26.7. The van der Waals surface area contributed by atoms with Crippen molar-refractivity contribution in [2.45, 2.75) is 62.2 Å². The first-order chi connectivity index (χ1) is 21.9. The number of nitrogens with two attached hydrogens (primary N) is 1. The molecule has 4 aromatic rings. The van der Waals surface area contributed by atoms with E-state index in [9.17, 15) is 5.26 Å². The number of thiophene rings is 1. The van der Waals surface area contributed by atoms with E-state index in [0.29, 0.717) is 63.4 Å². The van der Waals surface area contributed by atoms with Crippen LogP contribution < -0.4 is 25.4 Å². The van der Waals surface area contributed by atoms with Gasteiger partial charge in [0.25, 0.3) is 0 Å². The minimum atomic E-state index is -0.669. The molecule has 5 aliphatic rings. The summed E-state index contributed by atoms with van der Waals surface area (Å²) in [5.41, 5.74) is 6.79. The lowest BCUT2D eigenvalue weighted by Crippen LogP contribution is -2.60. The Bertz CT molecular complexity index is 1950. The van der Waals surface area contributed by atoms with Crippen LogP contribution in [-0.2, 0) is 0 Å². The monoisotopic (exact) mass is 665 g/mol. The van der Waals surface area contributed by atoms with E-state index < -0.39 is 5.82 Å². The summed E-state index contributed by atoms with van der Waals surface area (Å²) in [5, 5.41) is 15.2. The highest BCUT2D eigenvalue weighted by Crippen LogP contribution is 2.53. The van der Waals surface area contributed by atoms with E-state index in [0.717, 1.165) is 51.6 Å². The SMILES string of the molecule is N#Cc1c(N)sc2ccc(Cl)c(-c3c(Cl)c4c5c(nc(OCC67CCCN6CCC7)nc5c3F)N3CC5CCC(N5)C3CO4)c12.